The molecular formula is C27H26ClN5O. The molecule has 1 saturated heterocycles. The minimum atomic E-state index is 0.655. The molecule has 0 unspecified atom stereocenters. The number of para-hydroxylation sites is 2. The van der Waals surface area contributed by atoms with Crippen molar-refractivity contribution < 1.29 is 4.74 Å². The van der Waals surface area contributed by atoms with Crippen molar-refractivity contribution in [3.8, 4) is 28.4 Å². The number of anilines is 2. The highest BCUT2D eigenvalue weighted by Gasteiger charge is 2.22. The monoisotopic (exact) mass is 471 g/mol. The third-order valence-electron chi connectivity index (χ3n) is 5.88. The highest BCUT2D eigenvalue weighted by molar-refractivity contribution is 6.30. The molecule has 0 saturated carbocycles. The summed E-state index contributed by atoms with van der Waals surface area (Å²) in [5, 5.41) is 0.703. The standard InChI is InChI=1S/C27H26ClN5O/c1-2-34-25-8-4-3-7-24(25)32-14-16-33(17-15-32)26-18-23(20-9-11-22(28)12-10-20)30-27(31-26)21-6-5-13-29-19-21/h3-13,18-19H,2,14-17H2,1H3. The van der Waals surface area contributed by atoms with Gasteiger partial charge in [-0.3, -0.25) is 4.98 Å². The largest absolute Gasteiger partial charge is 0.492 e. The highest BCUT2D eigenvalue weighted by Crippen LogP contribution is 2.31. The summed E-state index contributed by atoms with van der Waals surface area (Å²) >= 11 is 6.11. The molecule has 0 spiro atoms. The number of nitrogens with zero attached hydrogens (tertiary/aromatic N) is 5. The number of halogens is 1. The summed E-state index contributed by atoms with van der Waals surface area (Å²) in [5.74, 6) is 2.51. The van der Waals surface area contributed by atoms with Gasteiger partial charge in [-0.15, -0.1) is 0 Å². The van der Waals surface area contributed by atoms with Crippen molar-refractivity contribution in [2.24, 2.45) is 0 Å². The van der Waals surface area contributed by atoms with E-state index in [0.29, 0.717) is 17.5 Å². The average Bonchev–Trinajstić information content (AvgIpc) is 2.90. The maximum atomic E-state index is 6.11. The molecule has 1 fully saturated rings. The molecule has 2 aromatic carbocycles. The predicted molar refractivity (Wildman–Crippen MR) is 138 cm³/mol. The van der Waals surface area contributed by atoms with Crippen molar-refractivity contribution in [2.75, 3.05) is 42.6 Å². The second-order valence-corrected chi connectivity index (χ2v) is 8.49. The summed E-state index contributed by atoms with van der Waals surface area (Å²) in [5.41, 5.74) is 3.90. The smallest absolute Gasteiger partial charge is 0.163 e. The van der Waals surface area contributed by atoms with Gasteiger partial charge in [0.2, 0.25) is 0 Å². The predicted octanol–water partition coefficient (Wildman–Crippen LogP) is 5.58. The quantitative estimate of drug-likeness (QED) is 0.365. The summed E-state index contributed by atoms with van der Waals surface area (Å²) in [7, 11) is 0. The van der Waals surface area contributed by atoms with Gasteiger partial charge in [-0.2, -0.15) is 0 Å². The second kappa shape index (κ2) is 10.1. The van der Waals surface area contributed by atoms with E-state index in [-0.39, 0.29) is 0 Å². The Labute approximate surface area is 204 Å². The Kier molecular flexibility index (Phi) is 6.58. The Morgan fingerprint density at radius 2 is 1.62 bits per heavy atom. The molecule has 0 atom stereocenters. The van der Waals surface area contributed by atoms with Crippen LogP contribution in [0.1, 0.15) is 6.92 Å². The molecule has 1 aliphatic rings. The topological polar surface area (TPSA) is 54.4 Å². The van der Waals surface area contributed by atoms with Gasteiger partial charge in [0.25, 0.3) is 0 Å². The molecule has 6 nitrogen and oxygen atoms in total. The van der Waals surface area contributed by atoms with Crippen LogP contribution in [0.2, 0.25) is 5.02 Å². The van der Waals surface area contributed by atoms with Crippen LogP contribution < -0.4 is 14.5 Å². The molecule has 4 aromatic rings. The van der Waals surface area contributed by atoms with E-state index < -0.39 is 0 Å². The van der Waals surface area contributed by atoms with Crippen LogP contribution in [0.5, 0.6) is 5.75 Å². The molecule has 1 aliphatic heterocycles. The molecule has 3 heterocycles. The maximum Gasteiger partial charge on any atom is 0.163 e. The van der Waals surface area contributed by atoms with Crippen LogP contribution in [0.3, 0.4) is 0 Å². The van der Waals surface area contributed by atoms with Crippen molar-refractivity contribution >= 4 is 23.1 Å². The van der Waals surface area contributed by atoms with Crippen LogP contribution in [0.15, 0.2) is 79.1 Å². The molecular weight excluding hydrogens is 446 g/mol. The number of benzene rings is 2. The molecule has 5 rings (SSSR count). The van der Waals surface area contributed by atoms with Gasteiger partial charge in [0.05, 0.1) is 18.0 Å². The molecule has 0 amide bonds. The average molecular weight is 472 g/mol. The minimum Gasteiger partial charge on any atom is -0.492 e. The van der Waals surface area contributed by atoms with Crippen molar-refractivity contribution in [3.05, 3.63) is 84.1 Å². The summed E-state index contributed by atoms with van der Waals surface area (Å²) in [6.45, 7) is 6.14. The van der Waals surface area contributed by atoms with Crippen molar-refractivity contribution in [3.63, 3.8) is 0 Å². The SMILES string of the molecule is CCOc1ccccc1N1CCN(c2cc(-c3ccc(Cl)cc3)nc(-c3cccnc3)n2)CC1. The molecule has 7 heteroatoms. The fraction of sp³-hybridized carbons (Fsp3) is 0.222. The molecule has 0 N–H and O–H groups in total. The number of hydrogen-bond donors (Lipinski definition) is 0. The first-order chi connectivity index (χ1) is 16.7. The zero-order valence-electron chi connectivity index (χ0n) is 19.1. The first-order valence-electron chi connectivity index (χ1n) is 11.5. The van der Waals surface area contributed by atoms with Crippen molar-refractivity contribution in [1.29, 1.82) is 0 Å². The van der Waals surface area contributed by atoms with Crippen molar-refractivity contribution in [2.45, 2.75) is 6.92 Å². The number of ether oxygens (including phenoxy) is 1. The third-order valence-corrected chi connectivity index (χ3v) is 6.13. The Balaban J connectivity index is 1.43. The van der Waals surface area contributed by atoms with Crippen LogP contribution >= 0.6 is 11.6 Å². The number of hydrogen-bond acceptors (Lipinski definition) is 6. The Hall–Kier alpha value is -3.64. The van der Waals surface area contributed by atoms with Crippen molar-refractivity contribution in [1.82, 2.24) is 15.0 Å². The van der Waals surface area contributed by atoms with Crippen LogP contribution in [-0.2, 0) is 0 Å². The maximum absolute atomic E-state index is 6.11. The second-order valence-electron chi connectivity index (χ2n) is 8.06. The molecule has 0 bridgehead atoms. The van der Waals surface area contributed by atoms with E-state index >= 15 is 0 Å². The minimum absolute atomic E-state index is 0.655. The van der Waals surface area contributed by atoms with E-state index in [2.05, 4.69) is 33.0 Å². The molecule has 0 radical (unpaired) electrons. The molecule has 2 aromatic heterocycles. The van der Waals surface area contributed by atoms with E-state index in [1.165, 1.54) is 0 Å². The number of pyridine rings is 1. The van der Waals surface area contributed by atoms with E-state index in [1.807, 2.05) is 55.5 Å². The van der Waals surface area contributed by atoms with Crippen LogP contribution in [0.25, 0.3) is 22.6 Å². The molecule has 0 aliphatic carbocycles. The van der Waals surface area contributed by atoms with Crippen LogP contribution in [0, 0.1) is 0 Å². The third kappa shape index (κ3) is 4.82. The zero-order chi connectivity index (χ0) is 23.3. The highest BCUT2D eigenvalue weighted by atomic mass is 35.5. The van der Waals surface area contributed by atoms with Gasteiger partial charge in [-0.05, 0) is 43.3 Å². The van der Waals surface area contributed by atoms with E-state index in [0.717, 1.165) is 60.3 Å². The fourth-order valence-corrected chi connectivity index (χ4v) is 4.29. The Bertz CT molecular complexity index is 1240. The lowest BCUT2D eigenvalue weighted by molar-refractivity contribution is 0.340. The van der Waals surface area contributed by atoms with E-state index in [9.17, 15) is 0 Å². The Morgan fingerprint density at radius 1 is 0.853 bits per heavy atom. The summed E-state index contributed by atoms with van der Waals surface area (Å²) in [4.78, 5) is 18.7. The fourth-order valence-electron chi connectivity index (χ4n) is 4.16. The van der Waals surface area contributed by atoms with Gasteiger partial charge in [0, 0.05) is 60.8 Å². The van der Waals surface area contributed by atoms with Gasteiger partial charge in [-0.1, -0.05) is 35.9 Å². The number of aromatic nitrogens is 3. The first-order valence-corrected chi connectivity index (χ1v) is 11.9. The summed E-state index contributed by atoms with van der Waals surface area (Å²) < 4.78 is 5.85. The van der Waals surface area contributed by atoms with Gasteiger partial charge in [0.15, 0.2) is 5.82 Å². The molecule has 34 heavy (non-hydrogen) atoms. The lowest BCUT2D eigenvalue weighted by Gasteiger charge is -2.37. The molecule has 172 valence electrons. The lowest BCUT2D eigenvalue weighted by Crippen LogP contribution is -2.47. The Morgan fingerprint density at radius 3 is 2.35 bits per heavy atom. The van der Waals surface area contributed by atoms with Crippen LogP contribution in [-0.4, -0.2) is 47.7 Å². The van der Waals surface area contributed by atoms with Gasteiger partial charge in [0.1, 0.15) is 11.6 Å². The van der Waals surface area contributed by atoms with Crippen LogP contribution in [0.4, 0.5) is 11.5 Å². The van der Waals surface area contributed by atoms with E-state index in [1.54, 1.807) is 12.4 Å². The zero-order valence-corrected chi connectivity index (χ0v) is 19.8. The summed E-state index contributed by atoms with van der Waals surface area (Å²) in [6.07, 6.45) is 3.56. The van der Waals surface area contributed by atoms with Gasteiger partial charge < -0.3 is 14.5 Å². The van der Waals surface area contributed by atoms with Gasteiger partial charge in [-0.25, -0.2) is 9.97 Å². The summed E-state index contributed by atoms with van der Waals surface area (Å²) in [6, 6.07) is 22.0. The first kappa shape index (κ1) is 22.2. The van der Waals surface area contributed by atoms with Gasteiger partial charge >= 0.3 is 0 Å². The number of piperazine rings is 1. The normalized spacial score (nSPS) is 13.7. The van der Waals surface area contributed by atoms with E-state index in [4.69, 9.17) is 26.3 Å². The number of rotatable bonds is 6. The lowest BCUT2D eigenvalue weighted by atomic mass is 10.1.